The molecule has 0 heterocycles. The van der Waals surface area contributed by atoms with E-state index in [-0.39, 0.29) is 5.82 Å². The van der Waals surface area contributed by atoms with Crippen molar-refractivity contribution in [1.82, 2.24) is 0 Å². The fraction of sp³-hybridized carbons (Fsp3) is 0.647. The average molecular weight is 246 g/mol. The van der Waals surface area contributed by atoms with Crippen LogP contribution in [0, 0.1) is 11.7 Å². The Morgan fingerprint density at radius 3 is 1.67 bits per heavy atom. The van der Waals surface area contributed by atoms with Gasteiger partial charge in [-0.15, -0.1) is 0 Å². The number of rotatable bonds is 2. The molecule has 1 aromatic carbocycles. The van der Waals surface area contributed by atoms with Gasteiger partial charge in [0.25, 0.3) is 0 Å². The Hall–Kier alpha value is -0.850. The average Bonchev–Trinajstić information content (AvgIpc) is 2.96. The highest BCUT2D eigenvalue weighted by atomic mass is 19.1. The van der Waals surface area contributed by atoms with Crippen molar-refractivity contribution < 1.29 is 4.39 Å². The minimum atomic E-state index is 0.162. The fourth-order valence-corrected chi connectivity index (χ4v) is 3.81. The number of benzene rings is 1. The quantitative estimate of drug-likeness (QED) is 0.717. The van der Waals surface area contributed by atoms with Crippen LogP contribution in [0.25, 0.3) is 0 Å². The lowest BCUT2D eigenvalue weighted by Crippen LogP contribution is -2.11. The van der Waals surface area contributed by atoms with E-state index in [2.05, 4.69) is 20.8 Å². The largest absolute Gasteiger partial charge is 0.206 e. The van der Waals surface area contributed by atoms with Crippen LogP contribution in [0.1, 0.15) is 67.3 Å². The molecule has 0 radical (unpaired) electrons. The van der Waals surface area contributed by atoms with Crippen LogP contribution in [0.15, 0.2) is 0 Å². The first-order valence-electron chi connectivity index (χ1n) is 7.46. The minimum absolute atomic E-state index is 0.162. The smallest absolute Gasteiger partial charge is 0.130 e. The van der Waals surface area contributed by atoms with Crippen LogP contribution < -0.4 is 0 Å². The van der Waals surface area contributed by atoms with Crippen molar-refractivity contribution in [3.63, 3.8) is 0 Å². The Morgan fingerprint density at radius 1 is 0.778 bits per heavy atom. The van der Waals surface area contributed by atoms with Crippen molar-refractivity contribution in [2.24, 2.45) is 5.92 Å². The van der Waals surface area contributed by atoms with Crippen molar-refractivity contribution >= 4 is 0 Å². The lowest BCUT2D eigenvalue weighted by atomic mass is 9.81. The molecule has 0 saturated heterocycles. The minimum Gasteiger partial charge on any atom is -0.206 e. The topological polar surface area (TPSA) is 0 Å². The normalized spacial score (nSPS) is 19.2. The van der Waals surface area contributed by atoms with Crippen LogP contribution in [0.5, 0.6) is 0 Å². The van der Waals surface area contributed by atoms with Crippen LogP contribution in [-0.2, 0) is 25.7 Å². The van der Waals surface area contributed by atoms with E-state index < -0.39 is 0 Å². The summed E-state index contributed by atoms with van der Waals surface area (Å²) in [5.74, 6) is 1.38. The van der Waals surface area contributed by atoms with E-state index in [9.17, 15) is 4.39 Å². The van der Waals surface area contributed by atoms with Gasteiger partial charge in [-0.05, 0) is 78.2 Å². The zero-order valence-corrected chi connectivity index (χ0v) is 11.8. The fourth-order valence-electron chi connectivity index (χ4n) is 3.81. The van der Waals surface area contributed by atoms with Gasteiger partial charge in [-0.3, -0.25) is 0 Å². The third-order valence-electron chi connectivity index (χ3n) is 5.07. The molecule has 2 aliphatic rings. The molecule has 0 aliphatic heterocycles. The summed E-state index contributed by atoms with van der Waals surface area (Å²) in [6.45, 7) is 6.91. The maximum absolute atomic E-state index is 14.5. The monoisotopic (exact) mass is 246 g/mol. The molecule has 0 aromatic heterocycles. The second kappa shape index (κ2) is 4.36. The van der Waals surface area contributed by atoms with Crippen LogP contribution in [0.3, 0.4) is 0 Å². The summed E-state index contributed by atoms with van der Waals surface area (Å²) in [7, 11) is 0. The lowest BCUT2D eigenvalue weighted by molar-refractivity contribution is 0.525. The Balaban J connectivity index is 2.24. The van der Waals surface area contributed by atoms with Gasteiger partial charge in [0.2, 0.25) is 0 Å². The van der Waals surface area contributed by atoms with E-state index in [0.717, 1.165) is 49.7 Å². The zero-order valence-electron chi connectivity index (χ0n) is 11.8. The second-order valence-corrected chi connectivity index (χ2v) is 6.38. The number of hydrogen-bond donors (Lipinski definition) is 0. The highest BCUT2D eigenvalue weighted by Crippen LogP contribution is 2.42. The van der Waals surface area contributed by atoms with Gasteiger partial charge in [-0.1, -0.05) is 20.8 Å². The van der Waals surface area contributed by atoms with Crippen molar-refractivity contribution in [2.45, 2.75) is 65.2 Å². The van der Waals surface area contributed by atoms with Crippen LogP contribution >= 0.6 is 0 Å². The molecule has 0 nitrogen and oxygen atoms in total. The molecule has 98 valence electrons. The number of hydrogen-bond acceptors (Lipinski definition) is 0. The molecule has 0 fully saturated rings. The Morgan fingerprint density at radius 2 is 1.22 bits per heavy atom. The van der Waals surface area contributed by atoms with Gasteiger partial charge in [0.1, 0.15) is 5.82 Å². The molecule has 0 amide bonds. The van der Waals surface area contributed by atoms with E-state index in [4.69, 9.17) is 0 Å². The van der Waals surface area contributed by atoms with Gasteiger partial charge >= 0.3 is 0 Å². The molecule has 2 aliphatic carbocycles. The second-order valence-electron chi connectivity index (χ2n) is 6.38. The molecule has 1 aromatic rings. The Labute approximate surface area is 110 Å². The molecule has 18 heavy (non-hydrogen) atoms. The molecule has 0 N–H and O–H groups in total. The summed E-state index contributed by atoms with van der Waals surface area (Å²) in [5, 5.41) is 0. The zero-order chi connectivity index (χ0) is 12.9. The van der Waals surface area contributed by atoms with E-state index in [1.165, 1.54) is 16.7 Å². The molecular formula is C17H23F. The molecule has 0 saturated carbocycles. The summed E-state index contributed by atoms with van der Waals surface area (Å²) in [6.07, 6.45) is 6.43. The number of fused-ring (bicyclic) bond motifs is 2. The van der Waals surface area contributed by atoms with E-state index in [1.807, 2.05) is 0 Å². The van der Waals surface area contributed by atoms with E-state index in [1.54, 1.807) is 0 Å². The van der Waals surface area contributed by atoms with E-state index in [0.29, 0.717) is 11.8 Å². The van der Waals surface area contributed by atoms with Crippen LogP contribution in [0.4, 0.5) is 4.39 Å². The molecule has 3 rings (SSSR count). The highest BCUT2D eigenvalue weighted by Gasteiger charge is 2.31. The highest BCUT2D eigenvalue weighted by molar-refractivity contribution is 5.52. The summed E-state index contributed by atoms with van der Waals surface area (Å²) in [6, 6.07) is 0. The Bertz CT molecular complexity index is 450. The molecule has 0 spiro atoms. The molecule has 0 bridgehead atoms. The van der Waals surface area contributed by atoms with Crippen LogP contribution in [0.2, 0.25) is 0 Å². The van der Waals surface area contributed by atoms with Gasteiger partial charge < -0.3 is 0 Å². The summed E-state index contributed by atoms with van der Waals surface area (Å²) >= 11 is 0. The van der Waals surface area contributed by atoms with Crippen molar-refractivity contribution in [2.75, 3.05) is 0 Å². The third kappa shape index (κ3) is 1.63. The van der Waals surface area contributed by atoms with Gasteiger partial charge in [0, 0.05) is 0 Å². The van der Waals surface area contributed by atoms with Crippen molar-refractivity contribution in [3.05, 3.63) is 33.6 Å². The summed E-state index contributed by atoms with van der Waals surface area (Å²) in [5.41, 5.74) is 6.44. The van der Waals surface area contributed by atoms with Crippen molar-refractivity contribution in [1.29, 1.82) is 0 Å². The van der Waals surface area contributed by atoms with Gasteiger partial charge in [-0.25, -0.2) is 4.39 Å². The maximum atomic E-state index is 14.5. The van der Waals surface area contributed by atoms with E-state index >= 15 is 0 Å². The molecule has 1 heteroatoms. The molecule has 1 atom stereocenters. The first kappa shape index (κ1) is 12.2. The molecule has 1 unspecified atom stereocenters. The third-order valence-corrected chi connectivity index (χ3v) is 5.07. The predicted octanol–water partition coefficient (Wildman–Crippen LogP) is 4.56. The maximum Gasteiger partial charge on any atom is 0.130 e. The SMILES string of the molecule is CC(C)C(C)c1c2c(c(F)c3c1CCC3)CCC2. The first-order valence-corrected chi connectivity index (χ1v) is 7.46. The van der Waals surface area contributed by atoms with Gasteiger partial charge in [0.05, 0.1) is 0 Å². The molecular weight excluding hydrogens is 223 g/mol. The lowest BCUT2D eigenvalue weighted by Gasteiger charge is -2.24. The summed E-state index contributed by atoms with van der Waals surface area (Å²) < 4.78 is 14.5. The van der Waals surface area contributed by atoms with Gasteiger partial charge in [-0.2, -0.15) is 0 Å². The Kier molecular flexibility index (Phi) is 2.96. The van der Waals surface area contributed by atoms with Gasteiger partial charge in [0.15, 0.2) is 0 Å². The van der Waals surface area contributed by atoms with Crippen molar-refractivity contribution in [3.8, 4) is 0 Å². The predicted molar refractivity (Wildman–Crippen MR) is 73.7 cm³/mol. The van der Waals surface area contributed by atoms with Crippen LogP contribution in [-0.4, -0.2) is 0 Å². The number of halogens is 1. The first-order chi connectivity index (χ1) is 8.61. The standard InChI is InChI=1S/C17H23F/c1-10(2)11(3)16-12-6-4-8-14(12)17(18)15-9-5-7-13(15)16/h10-11H,4-9H2,1-3H3. The summed E-state index contributed by atoms with van der Waals surface area (Å²) in [4.78, 5) is 0.